The maximum atomic E-state index is 11.3. The summed E-state index contributed by atoms with van der Waals surface area (Å²) in [6.45, 7) is 0. The Hall–Kier alpha value is -1.20. The van der Waals surface area contributed by atoms with E-state index in [4.69, 9.17) is 0 Å². The summed E-state index contributed by atoms with van der Waals surface area (Å²) >= 11 is 4.86. The number of halogens is 1. The second kappa shape index (κ2) is 6.11. The minimum atomic E-state index is -0.772. The fraction of sp³-hybridized carbons (Fsp3) is 0.231. The van der Waals surface area contributed by atoms with Gasteiger partial charge in [0.05, 0.1) is 17.1 Å². The lowest BCUT2D eigenvalue weighted by Crippen LogP contribution is -2.19. The van der Waals surface area contributed by atoms with E-state index in [9.17, 15) is 9.90 Å². The Kier molecular flexibility index (Phi) is 4.49. The highest BCUT2D eigenvalue weighted by molar-refractivity contribution is 9.10. The molecule has 0 saturated heterocycles. The number of carbonyl (C=O) groups is 1. The molecule has 0 saturated carbocycles. The molecular weight excluding hydrogens is 314 g/mol. The van der Waals surface area contributed by atoms with E-state index in [1.807, 2.05) is 29.6 Å². The first-order chi connectivity index (χ1) is 8.65. The molecule has 0 spiro atoms. The van der Waals surface area contributed by atoms with E-state index in [0.717, 1.165) is 15.7 Å². The van der Waals surface area contributed by atoms with E-state index in [2.05, 4.69) is 20.9 Å². The second-order valence-corrected chi connectivity index (χ2v) is 5.68. The molecule has 0 bridgehead atoms. The van der Waals surface area contributed by atoms with Crippen molar-refractivity contribution in [1.82, 2.24) is 4.98 Å². The largest absolute Gasteiger partial charge is 0.481 e. The highest BCUT2D eigenvalue weighted by Crippen LogP contribution is 2.17. The van der Waals surface area contributed by atoms with Crippen LogP contribution in [0.1, 0.15) is 11.3 Å². The molecule has 1 heterocycles. The van der Waals surface area contributed by atoms with Crippen LogP contribution < -0.4 is 0 Å². The molecule has 2 aromatic rings. The molecule has 0 aliphatic carbocycles. The number of aromatic nitrogens is 1. The van der Waals surface area contributed by atoms with Gasteiger partial charge < -0.3 is 5.11 Å². The minimum Gasteiger partial charge on any atom is -0.481 e. The van der Waals surface area contributed by atoms with Gasteiger partial charge in [-0.05, 0) is 24.1 Å². The third kappa shape index (κ3) is 3.65. The van der Waals surface area contributed by atoms with Crippen LogP contribution in [0.5, 0.6) is 0 Å². The van der Waals surface area contributed by atoms with Crippen LogP contribution in [0.3, 0.4) is 0 Å². The van der Waals surface area contributed by atoms with Crippen LogP contribution in [0.15, 0.2) is 39.6 Å². The number of rotatable bonds is 5. The van der Waals surface area contributed by atoms with E-state index in [1.54, 1.807) is 5.51 Å². The highest BCUT2D eigenvalue weighted by Gasteiger charge is 2.19. The summed E-state index contributed by atoms with van der Waals surface area (Å²) in [4.78, 5) is 15.4. The van der Waals surface area contributed by atoms with Gasteiger partial charge in [0.15, 0.2) is 0 Å². The molecule has 3 nitrogen and oxygen atoms in total. The fourth-order valence-corrected chi connectivity index (χ4v) is 2.58. The predicted molar refractivity (Wildman–Crippen MR) is 74.8 cm³/mol. The van der Waals surface area contributed by atoms with Gasteiger partial charge in [0.1, 0.15) is 0 Å². The van der Waals surface area contributed by atoms with Crippen molar-refractivity contribution in [3.63, 3.8) is 0 Å². The van der Waals surface area contributed by atoms with E-state index in [-0.39, 0.29) is 0 Å². The molecule has 0 aliphatic heterocycles. The van der Waals surface area contributed by atoms with Crippen LogP contribution in [0.2, 0.25) is 0 Å². The van der Waals surface area contributed by atoms with Gasteiger partial charge in [0.25, 0.3) is 0 Å². The monoisotopic (exact) mass is 325 g/mol. The van der Waals surface area contributed by atoms with Gasteiger partial charge in [-0.15, -0.1) is 11.3 Å². The first-order valence-corrected chi connectivity index (χ1v) is 7.23. The van der Waals surface area contributed by atoms with Crippen molar-refractivity contribution in [3.05, 3.63) is 50.9 Å². The molecule has 1 aromatic heterocycles. The highest BCUT2D eigenvalue weighted by atomic mass is 79.9. The number of carboxylic acid groups (broad SMARTS) is 1. The molecule has 1 atom stereocenters. The SMILES string of the molecule is O=C(O)C(Cc1ccc(Br)cc1)Cc1cscn1. The molecule has 0 radical (unpaired) electrons. The van der Waals surface area contributed by atoms with Gasteiger partial charge in [-0.3, -0.25) is 4.79 Å². The predicted octanol–water partition coefficient (Wildman–Crippen LogP) is 3.39. The van der Waals surface area contributed by atoms with Crippen LogP contribution in [0, 0.1) is 5.92 Å². The molecule has 0 fully saturated rings. The summed E-state index contributed by atoms with van der Waals surface area (Å²) in [6, 6.07) is 7.75. The quantitative estimate of drug-likeness (QED) is 0.916. The van der Waals surface area contributed by atoms with Crippen molar-refractivity contribution in [3.8, 4) is 0 Å². The molecule has 18 heavy (non-hydrogen) atoms. The molecule has 2 rings (SSSR count). The number of carboxylic acids is 1. The average Bonchev–Trinajstić information content (AvgIpc) is 2.84. The zero-order valence-corrected chi connectivity index (χ0v) is 11.9. The first-order valence-electron chi connectivity index (χ1n) is 5.49. The second-order valence-electron chi connectivity index (χ2n) is 4.05. The van der Waals surface area contributed by atoms with Gasteiger partial charge in [-0.1, -0.05) is 28.1 Å². The summed E-state index contributed by atoms with van der Waals surface area (Å²) in [5.41, 5.74) is 3.61. The van der Waals surface area contributed by atoms with Crippen molar-refractivity contribution >= 4 is 33.2 Å². The van der Waals surface area contributed by atoms with Gasteiger partial charge in [0, 0.05) is 16.3 Å². The van der Waals surface area contributed by atoms with E-state index < -0.39 is 11.9 Å². The molecular formula is C13H12BrNO2S. The van der Waals surface area contributed by atoms with E-state index in [0.29, 0.717) is 12.8 Å². The number of aliphatic carboxylic acids is 1. The van der Waals surface area contributed by atoms with Crippen LogP contribution in [0.4, 0.5) is 0 Å². The lowest BCUT2D eigenvalue weighted by atomic mass is 9.95. The van der Waals surface area contributed by atoms with Gasteiger partial charge in [-0.25, -0.2) is 4.98 Å². The van der Waals surface area contributed by atoms with Crippen molar-refractivity contribution < 1.29 is 9.90 Å². The number of hydrogen-bond acceptors (Lipinski definition) is 3. The smallest absolute Gasteiger partial charge is 0.307 e. The molecule has 1 unspecified atom stereocenters. The van der Waals surface area contributed by atoms with E-state index >= 15 is 0 Å². The lowest BCUT2D eigenvalue weighted by Gasteiger charge is -2.11. The molecule has 0 amide bonds. The minimum absolute atomic E-state index is 0.423. The first kappa shape index (κ1) is 13.2. The van der Waals surface area contributed by atoms with Crippen LogP contribution >= 0.6 is 27.3 Å². The Morgan fingerprint density at radius 2 is 2.06 bits per heavy atom. The maximum absolute atomic E-state index is 11.3. The number of hydrogen-bond donors (Lipinski definition) is 1. The Bertz CT molecular complexity index is 510. The Balaban J connectivity index is 2.06. The summed E-state index contributed by atoms with van der Waals surface area (Å²) in [7, 11) is 0. The number of thiazole rings is 1. The van der Waals surface area contributed by atoms with Crippen LogP contribution in [-0.4, -0.2) is 16.1 Å². The summed E-state index contributed by atoms with van der Waals surface area (Å²) in [5, 5.41) is 11.2. The maximum Gasteiger partial charge on any atom is 0.307 e. The Morgan fingerprint density at radius 3 is 2.61 bits per heavy atom. The standard InChI is InChI=1S/C13H12BrNO2S/c14-11-3-1-9(2-4-11)5-10(13(16)17)6-12-7-18-8-15-12/h1-4,7-8,10H,5-6H2,(H,16,17). The molecule has 1 N–H and O–H groups in total. The Morgan fingerprint density at radius 1 is 1.33 bits per heavy atom. The van der Waals surface area contributed by atoms with Gasteiger partial charge in [0.2, 0.25) is 0 Å². The molecule has 0 aliphatic rings. The van der Waals surface area contributed by atoms with Crippen molar-refractivity contribution in [2.24, 2.45) is 5.92 Å². The summed E-state index contributed by atoms with van der Waals surface area (Å²) in [6.07, 6.45) is 1.01. The lowest BCUT2D eigenvalue weighted by molar-refractivity contribution is -0.141. The van der Waals surface area contributed by atoms with Crippen molar-refractivity contribution in [2.45, 2.75) is 12.8 Å². The van der Waals surface area contributed by atoms with E-state index in [1.165, 1.54) is 11.3 Å². The van der Waals surface area contributed by atoms with Crippen LogP contribution in [-0.2, 0) is 17.6 Å². The number of benzene rings is 1. The third-order valence-corrected chi connectivity index (χ3v) is 3.85. The average molecular weight is 326 g/mol. The summed E-state index contributed by atoms with van der Waals surface area (Å²) in [5.74, 6) is -1.20. The molecule has 94 valence electrons. The normalized spacial score (nSPS) is 12.3. The fourth-order valence-electron chi connectivity index (χ4n) is 1.74. The molecule has 1 aromatic carbocycles. The summed E-state index contributed by atoms with van der Waals surface area (Å²) < 4.78 is 0.998. The third-order valence-electron chi connectivity index (χ3n) is 2.68. The Labute approximate surface area is 118 Å². The van der Waals surface area contributed by atoms with Crippen molar-refractivity contribution in [1.29, 1.82) is 0 Å². The van der Waals surface area contributed by atoms with Crippen molar-refractivity contribution in [2.75, 3.05) is 0 Å². The topological polar surface area (TPSA) is 50.2 Å². The van der Waals surface area contributed by atoms with Gasteiger partial charge in [-0.2, -0.15) is 0 Å². The zero-order valence-electron chi connectivity index (χ0n) is 9.54. The van der Waals surface area contributed by atoms with Crippen LogP contribution in [0.25, 0.3) is 0 Å². The van der Waals surface area contributed by atoms with Gasteiger partial charge >= 0.3 is 5.97 Å². The zero-order chi connectivity index (χ0) is 13.0. The molecule has 5 heteroatoms. The number of nitrogens with zero attached hydrogens (tertiary/aromatic N) is 1.